The van der Waals surface area contributed by atoms with Crippen LogP contribution in [-0.4, -0.2) is 45.5 Å². The van der Waals surface area contributed by atoms with Crippen molar-refractivity contribution in [2.75, 3.05) is 0 Å². The Bertz CT molecular complexity index is 935. The van der Waals surface area contributed by atoms with Crippen LogP contribution in [0.1, 0.15) is 84.6 Å². The molecule has 0 aliphatic carbocycles. The number of ether oxygens (including phenoxy) is 1. The maximum Gasteiger partial charge on any atom is 0.323 e. The number of nitrogens with zero attached hydrogens (tertiary/aromatic N) is 2. The van der Waals surface area contributed by atoms with Gasteiger partial charge < -0.3 is 14.5 Å². The first-order chi connectivity index (χ1) is 16.6. The number of esters is 1. The summed E-state index contributed by atoms with van der Waals surface area (Å²) in [7, 11) is 0. The molecule has 0 bridgehead atoms. The van der Waals surface area contributed by atoms with E-state index in [9.17, 15) is 9.59 Å². The molecule has 7 nitrogen and oxygen atoms in total. The zero-order chi connectivity index (χ0) is 25.6. The van der Waals surface area contributed by atoms with Gasteiger partial charge in [-0.3, -0.25) is 14.5 Å². The van der Waals surface area contributed by atoms with Crippen molar-refractivity contribution < 1.29 is 18.7 Å². The minimum absolute atomic E-state index is 0.0764. The third-order valence-electron chi connectivity index (χ3n) is 6.87. The number of carbonyl (C=O) groups is 2. The SMILES string of the molecule is CCC(CC)C[C@H](NC(C)=O)[C@H]1[C@H](c2ncco2)C[C@H](C(=O)OC(C)(C)C)N1Cc1ccccc1. The fraction of sp³-hybridized carbons (Fsp3) is 0.607. The minimum Gasteiger partial charge on any atom is -0.459 e. The number of nitrogens with one attached hydrogen (secondary N) is 1. The monoisotopic (exact) mass is 483 g/mol. The molecule has 2 heterocycles. The van der Waals surface area contributed by atoms with E-state index >= 15 is 0 Å². The zero-order valence-electron chi connectivity index (χ0n) is 22.0. The summed E-state index contributed by atoms with van der Waals surface area (Å²) in [5.41, 5.74) is 0.502. The molecule has 35 heavy (non-hydrogen) atoms. The van der Waals surface area contributed by atoms with Crippen molar-refractivity contribution in [3.05, 3.63) is 54.2 Å². The van der Waals surface area contributed by atoms with Gasteiger partial charge in [-0.25, -0.2) is 4.98 Å². The highest BCUT2D eigenvalue weighted by atomic mass is 16.6. The molecule has 1 aromatic heterocycles. The lowest BCUT2D eigenvalue weighted by molar-refractivity contribution is -0.161. The number of hydrogen-bond donors (Lipinski definition) is 1. The lowest BCUT2D eigenvalue weighted by Gasteiger charge is -2.38. The Morgan fingerprint density at radius 3 is 2.43 bits per heavy atom. The van der Waals surface area contributed by atoms with Gasteiger partial charge >= 0.3 is 5.97 Å². The van der Waals surface area contributed by atoms with Crippen LogP contribution in [0.3, 0.4) is 0 Å². The van der Waals surface area contributed by atoms with Crippen LogP contribution < -0.4 is 5.32 Å². The van der Waals surface area contributed by atoms with Crippen LogP contribution in [0.25, 0.3) is 0 Å². The predicted molar refractivity (Wildman–Crippen MR) is 136 cm³/mol. The molecule has 1 N–H and O–H groups in total. The van der Waals surface area contributed by atoms with Crippen LogP contribution in [0.5, 0.6) is 0 Å². The van der Waals surface area contributed by atoms with Crippen molar-refractivity contribution in [3.8, 4) is 0 Å². The van der Waals surface area contributed by atoms with Gasteiger partial charge in [0.15, 0.2) is 5.89 Å². The van der Waals surface area contributed by atoms with Gasteiger partial charge in [-0.05, 0) is 45.1 Å². The minimum atomic E-state index is -0.599. The second-order valence-corrected chi connectivity index (χ2v) is 10.6. The Labute approximate surface area is 209 Å². The number of oxazole rings is 1. The largest absolute Gasteiger partial charge is 0.459 e. The van der Waals surface area contributed by atoms with E-state index in [0.29, 0.717) is 24.8 Å². The van der Waals surface area contributed by atoms with E-state index in [4.69, 9.17) is 9.15 Å². The van der Waals surface area contributed by atoms with E-state index in [-0.39, 0.29) is 29.9 Å². The van der Waals surface area contributed by atoms with Crippen LogP contribution in [0.15, 0.2) is 47.2 Å². The highest BCUT2D eigenvalue weighted by molar-refractivity contribution is 5.77. The normalized spacial score (nSPS) is 21.7. The van der Waals surface area contributed by atoms with Gasteiger partial charge in [0.1, 0.15) is 17.9 Å². The molecule has 1 fully saturated rings. The molecule has 2 aromatic rings. The first-order valence-corrected chi connectivity index (χ1v) is 12.8. The second-order valence-electron chi connectivity index (χ2n) is 10.6. The summed E-state index contributed by atoms with van der Waals surface area (Å²) >= 11 is 0. The number of likely N-dealkylation sites (tertiary alicyclic amines) is 1. The summed E-state index contributed by atoms with van der Waals surface area (Å²) in [4.78, 5) is 32.6. The van der Waals surface area contributed by atoms with Crippen LogP contribution in [-0.2, 0) is 20.9 Å². The summed E-state index contributed by atoms with van der Waals surface area (Å²) < 4.78 is 11.7. The quantitative estimate of drug-likeness (QED) is 0.475. The van der Waals surface area contributed by atoms with Gasteiger partial charge in [0, 0.05) is 25.6 Å². The highest BCUT2D eigenvalue weighted by Crippen LogP contribution is 2.42. The van der Waals surface area contributed by atoms with Gasteiger partial charge in [-0.1, -0.05) is 57.0 Å². The average molecular weight is 484 g/mol. The maximum atomic E-state index is 13.5. The molecule has 3 rings (SSSR count). The molecular formula is C28H41N3O4. The smallest absolute Gasteiger partial charge is 0.323 e. The Kier molecular flexibility index (Phi) is 9.11. The summed E-state index contributed by atoms with van der Waals surface area (Å²) in [6, 6.07) is 9.31. The zero-order valence-corrected chi connectivity index (χ0v) is 22.0. The van der Waals surface area contributed by atoms with Crippen molar-refractivity contribution in [3.63, 3.8) is 0 Å². The van der Waals surface area contributed by atoms with E-state index < -0.39 is 11.6 Å². The molecular weight excluding hydrogens is 442 g/mol. The molecule has 0 saturated carbocycles. The number of aromatic nitrogens is 1. The molecule has 0 radical (unpaired) electrons. The van der Waals surface area contributed by atoms with Gasteiger partial charge in [-0.2, -0.15) is 0 Å². The molecule has 1 aliphatic rings. The van der Waals surface area contributed by atoms with Gasteiger partial charge in [0.25, 0.3) is 0 Å². The van der Waals surface area contributed by atoms with Gasteiger partial charge in [0.2, 0.25) is 5.91 Å². The summed E-state index contributed by atoms with van der Waals surface area (Å²) in [6.07, 6.45) is 6.60. The van der Waals surface area contributed by atoms with E-state index in [1.165, 1.54) is 0 Å². The van der Waals surface area contributed by atoms with Crippen LogP contribution in [0.4, 0.5) is 0 Å². The van der Waals surface area contributed by atoms with Crippen molar-refractivity contribution in [2.24, 2.45) is 5.92 Å². The van der Waals surface area contributed by atoms with Crippen LogP contribution in [0.2, 0.25) is 0 Å². The Balaban J connectivity index is 2.07. The molecule has 1 saturated heterocycles. The first-order valence-electron chi connectivity index (χ1n) is 12.8. The molecule has 4 atom stereocenters. The Hall–Kier alpha value is -2.67. The van der Waals surface area contributed by atoms with Crippen molar-refractivity contribution in [2.45, 2.75) is 103 Å². The van der Waals surface area contributed by atoms with Crippen molar-refractivity contribution >= 4 is 11.9 Å². The van der Waals surface area contributed by atoms with Crippen LogP contribution >= 0.6 is 0 Å². The molecule has 0 spiro atoms. The summed E-state index contributed by atoms with van der Waals surface area (Å²) in [5.74, 6) is 0.566. The third-order valence-corrected chi connectivity index (χ3v) is 6.87. The number of amides is 1. The average Bonchev–Trinajstić information content (AvgIpc) is 3.44. The standard InChI is InChI=1S/C28H41N3O4/c1-7-20(8-2)16-23(30-19(3)32)25-22(26-29-14-15-34-26)17-24(27(33)35-28(4,5)6)31(25)18-21-12-10-9-11-13-21/h9-15,20,22-25H,7-8,16-18H2,1-6H3,(H,30,32)/t22-,23+,24-,25-/m1/s1. The summed E-state index contributed by atoms with van der Waals surface area (Å²) in [5, 5.41) is 3.23. The lowest BCUT2D eigenvalue weighted by atomic mass is 9.85. The summed E-state index contributed by atoms with van der Waals surface area (Å²) in [6.45, 7) is 12.1. The number of rotatable bonds is 10. The highest BCUT2D eigenvalue weighted by Gasteiger charge is 2.51. The molecule has 0 unspecified atom stereocenters. The Morgan fingerprint density at radius 1 is 1.20 bits per heavy atom. The topological polar surface area (TPSA) is 84.7 Å². The Morgan fingerprint density at radius 2 is 1.89 bits per heavy atom. The number of hydrogen-bond acceptors (Lipinski definition) is 6. The lowest BCUT2D eigenvalue weighted by Crippen LogP contribution is -2.53. The van der Waals surface area contributed by atoms with E-state index in [1.807, 2.05) is 39.0 Å². The second kappa shape index (κ2) is 11.8. The molecule has 192 valence electrons. The fourth-order valence-corrected chi connectivity index (χ4v) is 5.27. The third kappa shape index (κ3) is 7.17. The molecule has 1 aromatic carbocycles. The number of benzene rings is 1. The predicted octanol–water partition coefficient (Wildman–Crippen LogP) is 5.07. The van der Waals surface area contributed by atoms with Crippen molar-refractivity contribution in [1.82, 2.24) is 15.2 Å². The molecule has 1 amide bonds. The molecule has 1 aliphatic heterocycles. The first kappa shape index (κ1) is 26.9. The van der Waals surface area contributed by atoms with E-state index in [2.05, 4.69) is 41.2 Å². The van der Waals surface area contributed by atoms with Crippen LogP contribution in [0, 0.1) is 5.92 Å². The molecule has 7 heteroatoms. The van der Waals surface area contributed by atoms with E-state index in [0.717, 1.165) is 24.8 Å². The van der Waals surface area contributed by atoms with Gasteiger partial charge in [0.05, 0.1) is 12.1 Å². The fourth-order valence-electron chi connectivity index (χ4n) is 5.27. The maximum absolute atomic E-state index is 13.5. The van der Waals surface area contributed by atoms with Gasteiger partial charge in [-0.15, -0.1) is 0 Å². The van der Waals surface area contributed by atoms with E-state index in [1.54, 1.807) is 19.4 Å². The number of carbonyl (C=O) groups excluding carboxylic acids is 2. The van der Waals surface area contributed by atoms with Crippen molar-refractivity contribution in [1.29, 1.82) is 0 Å².